The molecule has 0 amide bonds. The maximum atomic E-state index is 5.67. The molecule has 0 aliphatic carbocycles. The summed E-state index contributed by atoms with van der Waals surface area (Å²) in [6.45, 7) is 11.1. The van der Waals surface area contributed by atoms with E-state index < -0.39 is 0 Å². The van der Waals surface area contributed by atoms with Crippen molar-refractivity contribution >= 4 is 41.6 Å². The number of aromatic nitrogens is 2. The van der Waals surface area contributed by atoms with Gasteiger partial charge in [-0.1, -0.05) is 0 Å². The van der Waals surface area contributed by atoms with Gasteiger partial charge in [-0.25, -0.2) is 9.97 Å². The second-order valence-electron chi connectivity index (χ2n) is 7.42. The number of guanidine groups is 1. The second kappa shape index (κ2) is 14.7. The summed E-state index contributed by atoms with van der Waals surface area (Å²) in [6, 6.07) is 7.65. The lowest BCUT2D eigenvalue weighted by Crippen LogP contribution is -2.47. The van der Waals surface area contributed by atoms with Crippen molar-refractivity contribution in [3.8, 4) is 11.5 Å². The molecular weight excluding hydrogens is 533 g/mol. The lowest BCUT2D eigenvalue weighted by atomic mass is 10.2. The number of piperazine rings is 1. The number of hydrogen-bond donors (Lipinski definition) is 2. The Balaban J connectivity index is 0.00000385. The fourth-order valence-electron chi connectivity index (χ4n) is 3.58. The molecule has 1 aromatic carbocycles. The average molecular weight is 569 g/mol. The van der Waals surface area contributed by atoms with Crippen LogP contribution in [0.2, 0.25) is 0 Å². The predicted octanol–water partition coefficient (Wildman–Crippen LogP) is 3.09. The first kappa shape index (κ1) is 26.9. The molecule has 9 nitrogen and oxygen atoms in total. The van der Waals surface area contributed by atoms with E-state index in [1.165, 1.54) is 0 Å². The summed E-state index contributed by atoms with van der Waals surface area (Å²) in [4.78, 5) is 18.2. The van der Waals surface area contributed by atoms with Crippen molar-refractivity contribution in [3.05, 3.63) is 36.7 Å². The minimum atomic E-state index is 0. The molecule has 2 aromatic rings. The zero-order valence-corrected chi connectivity index (χ0v) is 22.1. The third kappa shape index (κ3) is 8.50. The minimum Gasteiger partial charge on any atom is -0.493 e. The first-order valence-electron chi connectivity index (χ1n) is 11.3. The highest BCUT2D eigenvalue weighted by Gasteiger charge is 2.18. The lowest BCUT2D eigenvalue weighted by molar-refractivity contribution is 0.255. The quantitative estimate of drug-likeness (QED) is 0.196. The van der Waals surface area contributed by atoms with Crippen LogP contribution in [0.3, 0.4) is 0 Å². The normalized spacial score (nSPS) is 14.4. The van der Waals surface area contributed by atoms with Gasteiger partial charge in [-0.3, -0.25) is 9.89 Å². The van der Waals surface area contributed by atoms with Gasteiger partial charge in [-0.15, -0.1) is 24.0 Å². The second-order valence-corrected chi connectivity index (χ2v) is 7.42. The SMILES string of the molecule is CCNC(=NCCCN1CCN(c2ncccn2)CC1)Nc1ccc(OC)c(OCC)c1.I. The Labute approximate surface area is 214 Å². The smallest absolute Gasteiger partial charge is 0.225 e. The van der Waals surface area contributed by atoms with Crippen LogP contribution in [-0.2, 0) is 0 Å². The van der Waals surface area contributed by atoms with Crippen LogP contribution in [0.1, 0.15) is 20.3 Å². The van der Waals surface area contributed by atoms with Gasteiger partial charge in [0.25, 0.3) is 0 Å². The van der Waals surface area contributed by atoms with Gasteiger partial charge in [0.1, 0.15) is 0 Å². The Kier molecular flexibility index (Phi) is 12.0. The molecule has 182 valence electrons. The van der Waals surface area contributed by atoms with E-state index in [4.69, 9.17) is 14.5 Å². The fraction of sp³-hybridized carbons (Fsp3) is 0.522. The number of benzene rings is 1. The average Bonchev–Trinajstić information content (AvgIpc) is 2.83. The topological polar surface area (TPSA) is 87.1 Å². The highest BCUT2D eigenvalue weighted by atomic mass is 127. The van der Waals surface area contributed by atoms with E-state index in [1.54, 1.807) is 19.5 Å². The van der Waals surface area contributed by atoms with Crippen molar-refractivity contribution in [2.75, 3.05) is 69.7 Å². The Morgan fingerprint density at radius 2 is 1.85 bits per heavy atom. The third-order valence-electron chi connectivity index (χ3n) is 5.18. The molecule has 1 aromatic heterocycles. The van der Waals surface area contributed by atoms with Crippen LogP contribution >= 0.6 is 24.0 Å². The standard InChI is InChI=1S/C23H35N7O2.HI/c1-4-24-22(28-19-8-9-20(31-3)21(18-19)32-5-2)25-12-7-13-29-14-16-30(17-15-29)23-26-10-6-11-27-23;/h6,8-11,18H,4-5,7,12-17H2,1-3H3,(H2,24,25,28);1H. The summed E-state index contributed by atoms with van der Waals surface area (Å²) in [5, 5.41) is 6.67. The van der Waals surface area contributed by atoms with E-state index in [2.05, 4.69) is 37.3 Å². The van der Waals surface area contributed by atoms with Crippen LogP contribution in [0.15, 0.2) is 41.7 Å². The maximum Gasteiger partial charge on any atom is 0.225 e. The number of methoxy groups -OCH3 is 1. The fourth-order valence-corrected chi connectivity index (χ4v) is 3.58. The monoisotopic (exact) mass is 569 g/mol. The van der Waals surface area contributed by atoms with Crippen molar-refractivity contribution in [2.24, 2.45) is 4.99 Å². The van der Waals surface area contributed by atoms with Crippen LogP contribution < -0.4 is 25.0 Å². The Morgan fingerprint density at radius 3 is 2.52 bits per heavy atom. The molecule has 2 N–H and O–H groups in total. The molecule has 1 fully saturated rings. The number of rotatable bonds is 10. The molecule has 0 radical (unpaired) electrons. The van der Waals surface area contributed by atoms with Crippen LogP contribution in [-0.4, -0.2) is 80.4 Å². The number of halogens is 1. The Bertz CT molecular complexity index is 846. The summed E-state index contributed by atoms with van der Waals surface area (Å²) in [5.41, 5.74) is 0.910. The van der Waals surface area contributed by atoms with Crippen LogP contribution in [0, 0.1) is 0 Å². The van der Waals surface area contributed by atoms with Gasteiger partial charge in [-0.2, -0.15) is 0 Å². The van der Waals surface area contributed by atoms with Crippen LogP contribution in [0.25, 0.3) is 0 Å². The van der Waals surface area contributed by atoms with Crippen molar-refractivity contribution in [1.82, 2.24) is 20.2 Å². The Morgan fingerprint density at radius 1 is 1.09 bits per heavy atom. The molecule has 33 heavy (non-hydrogen) atoms. The van der Waals surface area contributed by atoms with E-state index in [-0.39, 0.29) is 24.0 Å². The molecule has 10 heteroatoms. The van der Waals surface area contributed by atoms with Gasteiger partial charge in [0.05, 0.1) is 13.7 Å². The molecule has 1 aliphatic rings. The first-order valence-corrected chi connectivity index (χ1v) is 11.3. The number of aliphatic imine (C=N–C) groups is 1. The maximum absolute atomic E-state index is 5.67. The summed E-state index contributed by atoms with van der Waals surface area (Å²) >= 11 is 0. The number of nitrogens with zero attached hydrogens (tertiary/aromatic N) is 5. The van der Waals surface area contributed by atoms with Crippen molar-refractivity contribution in [1.29, 1.82) is 0 Å². The summed E-state index contributed by atoms with van der Waals surface area (Å²) in [7, 11) is 1.64. The van der Waals surface area contributed by atoms with Gasteiger partial charge in [0.15, 0.2) is 17.5 Å². The molecule has 1 saturated heterocycles. The zero-order chi connectivity index (χ0) is 22.6. The molecule has 0 atom stereocenters. The molecule has 0 saturated carbocycles. The van der Waals surface area contributed by atoms with Gasteiger partial charge >= 0.3 is 0 Å². The van der Waals surface area contributed by atoms with Gasteiger partial charge in [0, 0.05) is 70.0 Å². The van der Waals surface area contributed by atoms with Gasteiger partial charge < -0.3 is 25.0 Å². The van der Waals surface area contributed by atoms with E-state index in [9.17, 15) is 0 Å². The molecule has 0 bridgehead atoms. The summed E-state index contributed by atoms with van der Waals surface area (Å²) in [6.07, 6.45) is 4.60. The minimum absolute atomic E-state index is 0. The molecule has 3 rings (SSSR count). The van der Waals surface area contributed by atoms with Crippen LogP contribution in [0.4, 0.5) is 11.6 Å². The molecule has 0 spiro atoms. The van der Waals surface area contributed by atoms with Crippen LogP contribution in [0.5, 0.6) is 11.5 Å². The Hall–Kier alpha value is -2.34. The van der Waals surface area contributed by atoms with E-state index in [0.29, 0.717) is 6.61 Å². The number of nitrogens with one attached hydrogen (secondary N) is 2. The molecular formula is C23H36IN7O2. The van der Waals surface area contributed by atoms with E-state index in [1.807, 2.05) is 31.2 Å². The number of anilines is 2. The molecule has 0 unspecified atom stereocenters. The highest BCUT2D eigenvalue weighted by molar-refractivity contribution is 14.0. The largest absolute Gasteiger partial charge is 0.493 e. The number of ether oxygens (including phenoxy) is 2. The number of hydrogen-bond acceptors (Lipinski definition) is 7. The summed E-state index contributed by atoms with van der Waals surface area (Å²) < 4.78 is 11.0. The van der Waals surface area contributed by atoms with Gasteiger partial charge in [-0.05, 0) is 38.5 Å². The lowest BCUT2D eigenvalue weighted by Gasteiger charge is -2.34. The molecule has 2 heterocycles. The molecule has 1 aliphatic heterocycles. The van der Waals surface area contributed by atoms with E-state index >= 15 is 0 Å². The van der Waals surface area contributed by atoms with Crippen molar-refractivity contribution in [3.63, 3.8) is 0 Å². The summed E-state index contributed by atoms with van der Waals surface area (Å²) in [5.74, 6) is 3.03. The zero-order valence-electron chi connectivity index (χ0n) is 19.8. The highest BCUT2D eigenvalue weighted by Crippen LogP contribution is 2.30. The first-order chi connectivity index (χ1) is 15.7. The van der Waals surface area contributed by atoms with Gasteiger partial charge in [0.2, 0.25) is 5.95 Å². The van der Waals surface area contributed by atoms with E-state index in [0.717, 1.165) is 81.3 Å². The third-order valence-corrected chi connectivity index (χ3v) is 5.18. The van der Waals surface area contributed by atoms with Crippen molar-refractivity contribution in [2.45, 2.75) is 20.3 Å². The van der Waals surface area contributed by atoms with Crippen molar-refractivity contribution < 1.29 is 9.47 Å². The predicted molar refractivity (Wildman–Crippen MR) is 144 cm³/mol.